The van der Waals surface area contributed by atoms with Gasteiger partial charge in [0.1, 0.15) is 16.6 Å². The summed E-state index contributed by atoms with van der Waals surface area (Å²) in [6, 6.07) is 14.3. The van der Waals surface area contributed by atoms with Gasteiger partial charge in [-0.15, -0.1) is 11.3 Å². The van der Waals surface area contributed by atoms with Crippen LogP contribution >= 0.6 is 11.3 Å². The van der Waals surface area contributed by atoms with E-state index in [9.17, 15) is 15.4 Å². The van der Waals surface area contributed by atoms with E-state index in [1.54, 1.807) is 18.3 Å². The molecule has 0 saturated carbocycles. The normalized spacial score (nSPS) is 11.1. The number of allylic oxidation sites excluding steroid dienone is 1. The number of benzene rings is 2. The van der Waals surface area contributed by atoms with Gasteiger partial charge in [0.05, 0.1) is 10.6 Å². The molecule has 3 rings (SSSR count). The molecule has 1 N–H and O–H groups in total. The molecule has 0 unspecified atom stereocenters. The van der Waals surface area contributed by atoms with E-state index in [-0.39, 0.29) is 5.69 Å². The van der Waals surface area contributed by atoms with Gasteiger partial charge < -0.3 is 5.32 Å². The number of non-ortho nitro benzene ring substituents is 1. The minimum absolute atomic E-state index is 0.0167. The van der Waals surface area contributed by atoms with Gasteiger partial charge in [0.15, 0.2) is 0 Å². The van der Waals surface area contributed by atoms with Crippen LogP contribution in [0.4, 0.5) is 11.4 Å². The molecule has 0 spiro atoms. The first kappa shape index (κ1) is 18.3. The molecule has 0 atom stereocenters. The Morgan fingerprint density at radius 2 is 2.00 bits per heavy atom. The van der Waals surface area contributed by atoms with Gasteiger partial charge in [-0.1, -0.05) is 23.8 Å². The van der Waals surface area contributed by atoms with Crippen LogP contribution in [0.1, 0.15) is 16.1 Å². The lowest BCUT2D eigenvalue weighted by molar-refractivity contribution is -0.384. The number of nitriles is 1. The Balaban J connectivity index is 1.81. The highest BCUT2D eigenvalue weighted by molar-refractivity contribution is 7.11. The Kier molecular flexibility index (Phi) is 5.29. The van der Waals surface area contributed by atoms with Crippen LogP contribution in [0.3, 0.4) is 0 Å². The highest BCUT2D eigenvalue weighted by Crippen LogP contribution is 2.28. The molecular weight excluding hydrogens is 360 g/mol. The Morgan fingerprint density at radius 3 is 2.63 bits per heavy atom. The highest BCUT2D eigenvalue weighted by Gasteiger charge is 2.11. The molecule has 1 heterocycles. The zero-order chi connectivity index (χ0) is 19.4. The molecule has 0 aliphatic rings. The molecule has 0 radical (unpaired) electrons. The van der Waals surface area contributed by atoms with Crippen LogP contribution in [0, 0.1) is 35.3 Å². The quantitative estimate of drug-likeness (QED) is 0.370. The van der Waals surface area contributed by atoms with E-state index in [2.05, 4.69) is 22.4 Å². The third kappa shape index (κ3) is 4.19. The number of nitro groups is 1. The number of aromatic nitrogens is 1. The van der Waals surface area contributed by atoms with E-state index in [1.165, 1.54) is 29.0 Å². The SMILES string of the molecule is Cc1ccc(-c2csc(/C(C#N)=C/Nc3ccc([N+](=O)[O-])cc3)n2)c(C)c1. The molecule has 27 heavy (non-hydrogen) atoms. The predicted octanol–water partition coefficient (Wildman–Crippen LogP) is 5.31. The summed E-state index contributed by atoms with van der Waals surface area (Å²) >= 11 is 1.40. The molecule has 0 bridgehead atoms. The van der Waals surface area contributed by atoms with Crippen LogP contribution in [0.2, 0.25) is 0 Å². The molecule has 2 aromatic carbocycles. The van der Waals surface area contributed by atoms with Crippen molar-refractivity contribution in [2.24, 2.45) is 0 Å². The monoisotopic (exact) mass is 376 g/mol. The van der Waals surface area contributed by atoms with Crippen molar-refractivity contribution in [3.05, 3.63) is 80.3 Å². The number of nitrogens with one attached hydrogen (secondary N) is 1. The minimum atomic E-state index is -0.454. The maximum atomic E-state index is 10.7. The Morgan fingerprint density at radius 1 is 1.26 bits per heavy atom. The summed E-state index contributed by atoms with van der Waals surface area (Å²) in [4.78, 5) is 14.8. The number of anilines is 1. The molecule has 134 valence electrons. The summed E-state index contributed by atoms with van der Waals surface area (Å²) in [5, 5.41) is 25.7. The fourth-order valence-corrected chi connectivity index (χ4v) is 3.38. The van der Waals surface area contributed by atoms with E-state index in [1.807, 2.05) is 31.4 Å². The fourth-order valence-electron chi connectivity index (χ4n) is 2.60. The van der Waals surface area contributed by atoms with Crippen molar-refractivity contribution in [2.45, 2.75) is 13.8 Å². The summed E-state index contributed by atoms with van der Waals surface area (Å²) in [5.74, 6) is 0. The lowest BCUT2D eigenvalue weighted by atomic mass is 10.0. The average molecular weight is 376 g/mol. The summed E-state index contributed by atoms with van der Waals surface area (Å²) in [6.45, 7) is 4.09. The first-order chi connectivity index (χ1) is 13.0. The second kappa shape index (κ2) is 7.81. The van der Waals surface area contributed by atoms with E-state index >= 15 is 0 Å². The zero-order valence-electron chi connectivity index (χ0n) is 14.8. The fraction of sp³-hybridized carbons (Fsp3) is 0.100. The zero-order valence-corrected chi connectivity index (χ0v) is 15.6. The van der Waals surface area contributed by atoms with E-state index < -0.39 is 4.92 Å². The van der Waals surface area contributed by atoms with Crippen molar-refractivity contribution in [2.75, 3.05) is 5.32 Å². The summed E-state index contributed by atoms with van der Waals surface area (Å²) in [5.41, 5.74) is 5.28. The van der Waals surface area contributed by atoms with Crippen molar-refractivity contribution in [1.82, 2.24) is 4.98 Å². The predicted molar refractivity (Wildman–Crippen MR) is 107 cm³/mol. The number of rotatable bonds is 5. The van der Waals surface area contributed by atoms with Gasteiger partial charge in [-0.3, -0.25) is 10.1 Å². The summed E-state index contributed by atoms with van der Waals surface area (Å²) in [6.07, 6.45) is 1.56. The lowest BCUT2D eigenvalue weighted by Crippen LogP contribution is -1.92. The number of nitro benzene ring substituents is 1. The molecular formula is C20H16N4O2S. The third-order valence-corrected chi connectivity index (χ3v) is 4.85. The molecule has 6 nitrogen and oxygen atoms in total. The maximum absolute atomic E-state index is 10.7. The molecule has 7 heteroatoms. The van der Waals surface area contributed by atoms with Crippen molar-refractivity contribution in [3.8, 4) is 17.3 Å². The molecule has 1 aromatic heterocycles. The van der Waals surface area contributed by atoms with Crippen molar-refractivity contribution >= 4 is 28.3 Å². The summed E-state index contributed by atoms with van der Waals surface area (Å²) < 4.78 is 0. The molecule has 0 amide bonds. The van der Waals surface area contributed by atoms with E-state index in [0.717, 1.165) is 16.8 Å². The largest absolute Gasteiger partial charge is 0.360 e. The summed E-state index contributed by atoms with van der Waals surface area (Å²) in [7, 11) is 0. The van der Waals surface area contributed by atoms with Gasteiger partial charge in [0.25, 0.3) is 5.69 Å². The molecule has 0 aliphatic heterocycles. The molecule has 3 aromatic rings. The van der Waals surface area contributed by atoms with E-state index in [0.29, 0.717) is 16.3 Å². The van der Waals surface area contributed by atoms with Crippen LogP contribution in [-0.2, 0) is 0 Å². The van der Waals surface area contributed by atoms with Gasteiger partial charge in [-0.05, 0) is 31.5 Å². The Labute approximate surface area is 160 Å². The van der Waals surface area contributed by atoms with Crippen LogP contribution < -0.4 is 5.32 Å². The van der Waals surface area contributed by atoms with Gasteiger partial charge in [0, 0.05) is 35.0 Å². The Bertz CT molecular complexity index is 1060. The topological polar surface area (TPSA) is 91.8 Å². The lowest BCUT2D eigenvalue weighted by Gasteiger charge is -2.03. The first-order valence-electron chi connectivity index (χ1n) is 8.12. The first-order valence-corrected chi connectivity index (χ1v) is 9.00. The molecule has 0 saturated heterocycles. The van der Waals surface area contributed by atoms with Crippen molar-refractivity contribution in [1.29, 1.82) is 5.26 Å². The van der Waals surface area contributed by atoms with Gasteiger partial charge in [-0.2, -0.15) is 5.26 Å². The van der Waals surface area contributed by atoms with Gasteiger partial charge in [-0.25, -0.2) is 4.98 Å². The standard InChI is InChI=1S/C20H16N4O2S/c1-13-3-8-18(14(2)9-13)19-12-27-20(23-19)15(10-21)11-22-16-4-6-17(7-5-16)24(25)26/h3-9,11-12,22H,1-2H3/b15-11+. The Hall–Kier alpha value is -3.50. The highest BCUT2D eigenvalue weighted by atomic mass is 32.1. The average Bonchev–Trinajstić information content (AvgIpc) is 3.12. The van der Waals surface area contributed by atoms with Crippen LogP contribution in [-0.4, -0.2) is 9.91 Å². The van der Waals surface area contributed by atoms with Crippen LogP contribution in [0.15, 0.2) is 54.0 Å². The number of hydrogen-bond donors (Lipinski definition) is 1. The third-order valence-electron chi connectivity index (χ3n) is 3.97. The second-order valence-electron chi connectivity index (χ2n) is 5.97. The second-order valence-corrected chi connectivity index (χ2v) is 6.83. The molecule has 0 aliphatic carbocycles. The van der Waals surface area contributed by atoms with Crippen molar-refractivity contribution in [3.63, 3.8) is 0 Å². The van der Waals surface area contributed by atoms with Gasteiger partial charge >= 0.3 is 0 Å². The number of aryl methyl sites for hydroxylation is 2. The number of hydrogen-bond acceptors (Lipinski definition) is 6. The van der Waals surface area contributed by atoms with E-state index in [4.69, 9.17) is 0 Å². The van der Waals surface area contributed by atoms with Crippen LogP contribution in [0.25, 0.3) is 16.8 Å². The molecule has 0 fully saturated rings. The number of nitrogens with zero attached hydrogens (tertiary/aromatic N) is 3. The minimum Gasteiger partial charge on any atom is -0.360 e. The van der Waals surface area contributed by atoms with Gasteiger partial charge in [0.2, 0.25) is 0 Å². The van der Waals surface area contributed by atoms with Crippen molar-refractivity contribution < 1.29 is 4.92 Å². The maximum Gasteiger partial charge on any atom is 0.269 e. The van der Waals surface area contributed by atoms with Crippen LogP contribution in [0.5, 0.6) is 0 Å². The smallest absolute Gasteiger partial charge is 0.269 e. The number of thiazole rings is 1.